The molecule has 0 aromatic heterocycles. The maximum Gasteiger partial charge on any atom is 0.114 e. The Morgan fingerprint density at radius 1 is 1.31 bits per heavy atom. The normalized spacial score (nSPS) is 40.6. The van der Waals surface area contributed by atoms with Gasteiger partial charge in [-0.1, -0.05) is 0 Å². The largest absolute Gasteiger partial charge is 0.394 e. The molecule has 0 aromatic carbocycles. The third-order valence-electron chi connectivity index (χ3n) is 2.27. The SMILES string of the molecule is CO[C@@H]1[C@H](O)COC(CO)[C@H]1OC. The Morgan fingerprint density at radius 2 is 1.92 bits per heavy atom. The molecule has 0 radical (unpaired) electrons. The molecule has 0 aliphatic carbocycles. The molecule has 0 bridgehead atoms. The molecule has 1 aliphatic heterocycles. The molecule has 1 unspecified atom stereocenters. The van der Waals surface area contributed by atoms with Gasteiger partial charge in [0.05, 0.1) is 13.2 Å². The van der Waals surface area contributed by atoms with Crippen LogP contribution in [0.3, 0.4) is 0 Å². The number of rotatable bonds is 3. The van der Waals surface area contributed by atoms with E-state index in [1.807, 2.05) is 0 Å². The van der Waals surface area contributed by atoms with Gasteiger partial charge in [-0.3, -0.25) is 0 Å². The van der Waals surface area contributed by atoms with Crippen molar-refractivity contribution in [3.05, 3.63) is 0 Å². The van der Waals surface area contributed by atoms with E-state index >= 15 is 0 Å². The van der Waals surface area contributed by atoms with Gasteiger partial charge in [-0.25, -0.2) is 0 Å². The first-order chi connectivity index (χ1) is 6.24. The maximum absolute atomic E-state index is 9.47. The van der Waals surface area contributed by atoms with Crippen LogP contribution in [0.4, 0.5) is 0 Å². The Balaban J connectivity index is 2.64. The molecule has 5 heteroatoms. The minimum atomic E-state index is -0.697. The van der Waals surface area contributed by atoms with Gasteiger partial charge in [-0.05, 0) is 0 Å². The van der Waals surface area contributed by atoms with Crippen LogP contribution in [-0.4, -0.2) is 62.1 Å². The van der Waals surface area contributed by atoms with Crippen LogP contribution in [-0.2, 0) is 14.2 Å². The van der Waals surface area contributed by atoms with Crippen molar-refractivity contribution >= 4 is 0 Å². The summed E-state index contributed by atoms with van der Waals surface area (Å²) in [6.07, 6.45) is -1.97. The van der Waals surface area contributed by atoms with Gasteiger partial charge in [0, 0.05) is 14.2 Å². The van der Waals surface area contributed by atoms with Gasteiger partial charge in [0.15, 0.2) is 0 Å². The zero-order chi connectivity index (χ0) is 9.84. The monoisotopic (exact) mass is 192 g/mol. The van der Waals surface area contributed by atoms with Crippen molar-refractivity contribution in [2.24, 2.45) is 0 Å². The fourth-order valence-corrected chi connectivity index (χ4v) is 1.58. The van der Waals surface area contributed by atoms with Crippen molar-refractivity contribution in [3.63, 3.8) is 0 Å². The molecule has 1 saturated heterocycles. The smallest absolute Gasteiger partial charge is 0.114 e. The first-order valence-electron chi connectivity index (χ1n) is 4.20. The minimum absolute atomic E-state index is 0.134. The predicted octanol–water partition coefficient (Wildman–Crippen LogP) is -1.23. The van der Waals surface area contributed by atoms with E-state index in [-0.39, 0.29) is 13.2 Å². The van der Waals surface area contributed by atoms with E-state index in [0.29, 0.717) is 0 Å². The Hall–Kier alpha value is -0.200. The Labute approximate surface area is 77.2 Å². The van der Waals surface area contributed by atoms with E-state index < -0.39 is 24.4 Å². The topological polar surface area (TPSA) is 68.2 Å². The summed E-state index contributed by atoms with van der Waals surface area (Å²) in [4.78, 5) is 0. The van der Waals surface area contributed by atoms with Gasteiger partial charge in [0.2, 0.25) is 0 Å². The Kier molecular flexibility index (Phi) is 4.08. The molecule has 5 nitrogen and oxygen atoms in total. The fraction of sp³-hybridized carbons (Fsp3) is 1.00. The highest BCUT2D eigenvalue weighted by atomic mass is 16.6. The Bertz CT molecular complexity index is 151. The number of hydrogen-bond acceptors (Lipinski definition) is 5. The summed E-state index contributed by atoms with van der Waals surface area (Å²) in [5.41, 5.74) is 0. The van der Waals surface area contributed by atoms with Gasteiger partial charge < -0.3 is 24.4 Å². The molecule has 78 valence electrons. The van der Waals surface area contributed by atoms with Crippen molar-refractivity contribution in [1.29, 1.82) is 0 Å². The van der Waals surface area contributed by atoms with Crippen LogP contribution >= 0.6 is 0 Å². The third-order valence-corrected chi connectivity index (χ3v) is 2.27. The van der Waals surface area contributed by atoms with Gasteiger partial charge in [0.1, 0.15) is 24.4 Å². The molecule has 1 fully saturated rings. The lowest BCUT2D eigenvalue weighted by molar-refractivity contribution is -0.211. The molecule has 0 spiro atoms. The summed E-state index contributed by atoms with van der Waals surface area (Å²) >= 11 is 0. The number of aliphatic hydroxyl groups is 2. The maximum atomic E-state index is 9.47. The van der Waals surface area contributed by atoms with Crippen LogP contribution in [0.15, 0.2) is 0 Å². The van der Waals surface area contributed by atoms with Crippen LogP contribution in [0.1, 0.15) is 0 Å². The average Bonchev–Trinajstić information content (AvgIpc) is 2.17. The first-order valence-corrected chi connectivity index (χ1v) is 4.20. The average molecular weight is 192 g/mol. The first kappa shape index (κ1) is 10.9. The van der Waals surface area contributed by atoms with Gasteiger partial charge in [-0.15, -0.1) is 0 Å². The lowest BCUT2D eigenvalue weighted by Crippen LogP contribution is -2.55. The molecular weight excluding hydrogens is 176 g/mol. The minimum Gasteiger partial charge on any atom is -0.394 e. The van der Waals surface area contributed by atoms with Crippen LogP contribution in [0.25, 0.3) is 0 Å². The van der Waals surface area contributed by atoms with Gasteiger partial charge >= 0.3 is 0 Å². The van der Waals surface area contributed by atoms with Crippen molar-refractivity contribution in [2.75, 3.05) is 27.4 Å². The highest BCUT2D eigenvalue weighted by Gasteiger charge is 2.39. The quantitative estimate of drug-likeness (QED) is 0.586. The van der Waals surface area contributed by atoms with E-state index in [9.17, 15) is 5.11 Å². The van der Waals surface area contributed by atoms with Crippen LogP contribution < -0.4 is 0 Å². The summed E-state index contributed by atoms with van der Waals surface area (Å²) < 4.78 is 15.3. The summed E-state index contributed by atoms with van der Waals surface area (Å²) in [7, 11) is 3.00. The molecule has 0 aromatic rings. The molecule has 1 rings (SSSR count). The second-order valence-corrected chi connectivity index (χ2v) is 3.02. The van der Waals surface area contributed by atoms with E-state index in [1.165, 1.54) is 14.2 Å². The molecule has 0 saturated carbocycles. The summed E-state index contributed by atoms with van der Waals surface area (Å²) in [6.45, 7) is 0.0364. The van der Waals surface area contributed by atoms with E-state index in [4.69, 9.17) is 19.3 Å². The van der Waals surface area contributed by atoms with E-state index in [2.05, 4.69) is 0 Å². The van der Waals surface area contributed by atoms with Crippen molar-refractivity contribution in [1.82, 2.24) is 0 Å². The second kappa shape index (κ2) is 4.88. The second-order valence-electron chi connectivity index (χ2n) is 3.02. The number of aliphatic hydroxyl groups excluding tert-OH is 2. The number of methoxy groups -OCH3 is 2. The number of ether oxygens (including phenoxy) is 3. The van der Waals surface area contributed by atoms with Crippen molar-refractivity contribution in [2.45, 2.75) is 24.4 Å². The van der Waals surface area contributed by atoms with Gasteiger partial charge in [0.25, 0.3) is 0 Å². The van der Waals surface area contributed by atoms with Crippen LogP contribution in [0.2, 0.25) is 0 Å². The molecule has 2 N–H and O–H groups in total. The predicted molar refractivity (Wildman–Crippen MR) is 44.4 cm³/mol. The molecule has 1 heterocycles. The van der Waals surface area contributed by atoms with Crippen LogP contribution in [0.5, 0.6) is 0 Å². The zero-order valence-corrected chi connectivity index (χ0v) is 7.84. The standard InChI is InChI=1S/C8H16O5/c1-11-7-5(10)4-13-6(3-9)8(7)12-2/h5-10H,3-4H2,1-2H3/t5-,6?,7-,8-/m1/s1. The van der Waals surface area contributed by atoms with E-state index in [1.54, 1.807) is 0 Å². The fourth-order valence-electron chi connectivity index (χ4n) is 1.58. The third kappa shape index (κ3) is 2.18. The summed E-state index contributed by atoms with van der Waals surface area (Å²) in [5, 5.41) is 18.4. The molecular formula is C8H16O5. The molecule has 0 amide bonds. The summed E-state index contributed by atoms with van der Waals surface area (Å²) in [5.74, 6) is 0. The number of hydrogen-bond donors (Lipinski definition) is 2. The highest BCUT2D eigenvalue weighted by Crippen LogP contribution is 2.19. The zero-order valence-electron chi connectivity index (χ0n) is 7.84. The molecule has 1 aliphatic rings. The molecule has 13 heavy (non-hydrogen) atoms. The molecule has 4 atom stereocenters. The van der Waals surface area contributed by atoms with Crippen molar-refractivity contribution < 1.29 is 24.4 Å². The van der Waals surface area contributed by atoms with Crippen LogP contribution in [0, 0.1) is 0 Å². The summed E-state index contributed by atoms with van der Waals surface area (Å²) in [6, 6.07) is 0. The lowest BCUT2D eigenvalue weighted by Gasteiger charge is -2.38. The van der Waals surface area contributed by atoms with E-state index in [0.717, 1.165) is 0 Å². The highest BCUT2D eigenvalue weighted by molar-refractivity contribution is 4.88. The van der Waals surface area contributed by atoms with Crippen molar-refractivity contribution in [3.8, 4) is 0 Å². The lowest BCUT2D eigenvalue weighted by atomic mass is 10.0. The van der Waals surface area contributed by atoms with Gasteiger partial charge in [-0.2, -0.15) is 0 Å². The Morgan fingerprint density at radius 3 is 2.38 bits per heavy atom.